The second-order valence-electron chi connectivity index (χ2n) is 5.08. The molecule has 24 heavy (non-hydrogen) atoms. The van der Waals surface area contributed by atoms with Gasteiger partial charge in [-0.3, -0.25) is 4.79 Å². The highest BCUT2D eigenvalue weighted by atomic mass is 19.1. The molecule has 2 aromatic carbocycles. The average molecular weight is 331 g/mol. The Morgan fingerprint density at radius 2 is 1.88 bits per heavy atom. The number of methoxy groups -OCH3 is 2. The van der Waals surface area contributed by atoms with E-state index in [1.165, 1.54) is 32.4 Å². The molecule has 1 amide bonds. The molecule has 0 saturated carbocycles. The first-order valence-electron chi connectivity index (χ1n) is 7.31. The SMILES string of the molecule is COC(=O)[C@H](Cc1cccc(OC)c1)NC(=O)c1ccccc1F. The number of carbonyl (C=O) groups excluding carboxylic acids is 2. The first-order chi connectivity index (χ1) is 11.5. The summed E-state index contributed by atoms with van der Waals surface area (Å²) < 4.78 is 23.6. The van der Waals surface area contributed by atoms with Crippen molar-refractivity contribution in [2.75, 3.05) is 14.2 Å². The Bertz CT molecular complexity index is 732. The molecule has 0 aliphatic carbocycles. The fourth-order valence-corrected chi connectivity index (χ4v) is 2.25. The van der Waals surface area contributed by atoms with Gasteiger partial charge in [0.25, 0.3) is 5.91 Å². The van der Waals surface area contributed by atoms with Crippen LogP contribution in [0.25, 0.3) is 0 Å². The third-order valence-corrected chi connectivity index (χ3v) is 3.48. The number of amides is 1. The average Bonchev–Trinajstić information content (AvgIpc) is 2.60. The Kier molecular flexibility index (Phi) is 5.89. The Balaban J connectivity index is 2.18. The van der Waals surface area contributed by atoms with Crippen molar-refractivity contribution in [3.63, 3.8) is 0 Å². The minimum absolute atomic E-state index is 0.128. The summed E-state index contributed by atoms with van der Waals surface area (Å²) in [6.45, 7) is 0. The molecule has 2 aromatic rings. The fraction of sp³-hybridized carbons (Fsp3) is 0.222. The van der Waals surface area contributed by atoms with Gasteiger partial charge in [-0.2, -0.15) is 0 Å². The third-order valence-electron chi connectivity index (χ3n) is 3.48. The third kappa shape index (κ3) is 4.32. The highest BCUT2D eigenvalue weighted by Gasteiger charge is 2.24. The van der Waals surface area contributed by atoms with E-state index in [4.69, 9.17) is 9.47 Å². The molecule has 0 aromatic heterocycles. The van der Waals surface area contributed by atoms with Gasteiger partial charge in [0.15, 0.2) is 0 Å². The standard InChI is InChI=1S/C18H18FNO4/c1-23-13-7-5-6-12(10-13)11-16(18(22)24-2)20-17(21)14-8-3-4-9-15(14)19/h3-10,16H,11H2,1-2H3,(H,20,21)/t16-/m0/s1. The van der Waals surface area contributed by atoms with E-state index >= 15 is 0 Å². The number of hydrogen-bond donors (Lipinski definition) is 1. The van der Waals surface area contributed by atoms with Gasteiger partial charge in [0, 0.05) is 6.42 Å². The molecule has 0 radical (unpaired) electrons. The van der Waals surface area contributed by atoms with Crippen molar-refractivity contribution in [2.24, 2.45) is 0 Å². The quantitative estimate of drug-likeness (QED) is 0.825. The summed E-state index contributed by atoms with van der Waals surface area (Å²) in [6, 6.07) is 11.7. The number of rotatable bonds is 6. The van der Waals surface area contributed by atoms with E-state index in [9.17, 15) is 14.0 Å². The van der Waals surface area contributed by atoms with Gasteiger partial charge < -0.3 is 14.8 Å². The summed E-state index contributed by atoms with van der Waals surface area (Å²) in [4.78, 5) is 24.2. The van der Waals surface area contributed by atoms with Crippen LogP contribution in [0.4, 0.5) is 4.39 Å². The lowest BCUT2D eigenvalue weighted by atomic mass is 10.0. The Labute approximate surface area is 139 Å². The normalized spacial score (nSPS) is 11.5. The summed E-state index contributed by atoms with van der Waals surface area (Å²) in [7, 11) is 2.77. The van der Waals surface area contributed by atoms with Gasteiger partial charge in [0.1, 0.15) is 17.6 Å². The molecule has 0 unspecified atom stereocenters. The highest BCUT2D eigenvalue weighted by molar-refractivity contribution is 5.97. The van der Waals surface area contributed by atoms with Crippen molar-refractivity contribution >= 4 is 11.9 Å². The number of carbonyl (C=O) groups is 2. The minimum Gasteiger partial charge on any atom is -0.497 e. The molecule has 0 saturated heterocycles. The van der Waals surface area contributed by atoms with E-state index in [0.29, 0.717) is 5.75 Å². The molecule has 2 rings (SSSR count). The van der Waals surface area contributed by atoms with Crippen molar-refractivity contribution in [2.45, 2.75) is 12.5 Å². The zero-order valence-corrected chi connectivity index (χ0v) is 13.4. The van der Waals surface area contributed by atoms with Crippen LogP contribution in [0, 0.1) is 5.82 Å². The summed E-state index contributed by atoms with van der Waals surface area (Å²) in [6.07, 6.45) is 0.198. The van der Waals surface area contributed by atoms with Crippen LogP contribution in [-0.4, -0.2) is 32.1 Å². The van der Waals surface area contributed by atoms with E-state index in [0.717, 1.165) is 5.56 Å². The number of hydrogen-bond acceptors (Lipinski definition) is 4. The van der Waals surface area contributed by atoms with Crippen LogP contribution < -0.4 is 10.1 Å². The molecule has 1 N–H and O–H groups in total. The molecule has 0 heterocycles. The van der Waals surface area contributed by atoms with Crippen molar-refractivity contribution in [3.8, 4) is 5.75 Å². The van der Waals surface area contributed by atoms with Gasteiger partial charge in [-0.05, 0) is 29.8 Å². The monoisotopic (exact) mass is 331 g/mol. The second-order valence-corrected chi connectivity index (χ2v) is 5.08. The molecule has 0 fully saturated rings. The van der Waals surface area contributed by atoms with Crippen LogP contribution >= 0.6 is 0 Å². The van der Waals surface area contributed by atoms with Gasteiger partial charge in [0.05, 0.1) is 19.8 Å². The van der Waals surface area contributed by atoms with Crippen LogP contribution in [0.15, 0.2) is 48.5 Å². The molecule has 6 heteroatoms. The zero-order valence-electron chi connectivity index (χ0n) is 13.4. The van der Waals surface area contributed by atoms with Gasteiger partial charge in [0.2, 0.25) is 0 Å². The molecule has 126 valence electrons. The van der Waals surface area contributed by atoms with Gasteiger partial charge in [-0.25, -0.2) is 9.18 Å². The maximum absolute atomic E-state index is 13.7. The largest absolute Gasteiger partial charge is 0.497 e. The topological polar surface area (TPSA) is 64.6 Å². The molecule has 0 bridgehead atoms. The highest BCUT2D eigenvalue weighted by Crippen LogP contribution is 2.15. The first-order valence-corrected chi connectivity index (χ1v) is 7.31. The Morgan fingerprint density at radius 3 is 2.54 bits per heavy atom. The second kappa shape index (κ2) is 8.10. The maximum Gasteiger partial charge on any atom is 0.328 e. The number of ether oxygens (including phenoxy) is 2. The summed E-state index contributed by atoms with van der Waals surface area (Å²) in [5, 5.41) is 2.52. The molecule has 5 nitrogen and oxygen atoms in total. The lowest BCUT2D eigenvalue weighted by Crippen LogP contribution is -2.43. The van der Waals surface area contributed by atoms with Crippen LogP contribution in [-0.2, 0) is 16.0 Å². The number of nitrogens with one attached hydrogen (secondary N) is 1. The van der Waals surface area contributed by atoms with Crippen molar-refractivity contribution in [1.82, 2.24) is 5.32 Å². The molecule has 0 aliphatic heterocycles. The lowest BCUT2D eigenvalue weighted by Gasteiger charge is -2.17. The Morgan fingerprint density at radius 1 is 1.12 bits per heavy atom. The maximum atomic E-state index is 13.7. The zero-order chi connectivity index (χ0) is 17.5. The van der Waals surface area contributed by atoms with Crippen molar-refractivity contribution in [3.05, 3.63) is 65.5 Å². The molecule has 0 aliphatic rings. The van der Waals surface area contributed by atoms with Crippen molar-refractivity contribution < 1.29 is 23.5 Å². The van der Waals surface area contributed by atoms with Crippen molar-refractivity contribution in [1.29, 1.82) is 0 Å². The summed E-state index contributed by atoms with van der Waals surface area (Å²) >= 11 is 0. The van der Waals surface area contributed by atoms with E-state index in [2.05, 4.69) is 5.32 Å². The predicted molar refractivity (Wildman–Crippen MR) is 86.4 cm³/mol. The van der Waals surface area contributed by atoms with Crippen LogP contribution in [0.2, 0.25) is 0 Å². The predicted octanol–water partition coefficient (Wildman–Crippen LogP) is 2.35. The van der Waals surface area contributed by atoms with Gasteiger partial charge >= 0.3 is 5.97 Å². The summed E-state index contributed by atoms with van der Waals surface area (Å²) in [5.41, 5.74) is 0.649. The summed E-state index contributed by atoms with van der Waals surface area (Å²) in [5.74, 6) is -1.30. The molecular weight excluding hydrogens is 313 g/mol. The van der Waals surface area contributed by atoms with Crippen LogP contribution in [0.3, 0.4) is 0 Å². The van der Waals surface area contributed by atoms with Gasteiger partial charge in [-0.15, -0.1) is 0 Å². The first kappa shape index (κ1) is 17.5. The number of halogens is 1. The minimum atomic E-state index is -0.936. The fourth-order valence-electron chi connectivity index (χ4n) is 2.25. The molecular formula is C18H18FNO4. The van der Waals surface area contributed by atoms with Crippen LogP contribution in [0.5, 0.6) is 5.75 Å². The molecule has 0 spiro atoms. The van der Waals surface area contributed by atoms with E-state index < -0.39 is 23.7 Å². The van der Waals surface area contributed by atoms with E-state index in [-0.39, 0.29) is 12.0 Å². The van der Waals surface area contributed by atoms with Crippen LogP contribution in [0.1, 0.15) is 15.9 Å². The molecule has 1 atom stereocenters. The Hall–Kier alpha value is -2.89. The lowest BCUT2D eigenvalue weighted by molar-refractivity contribution is -0.142. The number of esters is 1. The number of benzene rings is 2. The van der Waals surface area contributed by atoms with E-state index in [1.54, 1.807) is 30.3 Å². The van der Waals surface area contributed by atoms with E-state index in [1.807, 2.05) is 0 Å². The van der Waals surface area contributed by atoms with Gasteiger partial charge in [-0.1, -0.05) is 24.3 Å². The smallest absolute Gasteiger partial charge is 0.328 e.